The molecule has 2 aromatic rings. The lowest BCUT2D eigenvalue weighted by Gasteiger charge is -2.40. The highest BCUT2D eigenvalue weighted by molar-refractivity contribution is 6.44. The molecule has 0 spiro atoms. The van der Waals surface area contributed by atoms with Crippen molar-refractivity contribution in [2.75, 3.05) is 13.1 Å². The second kappa shape index (κ2) is 7.80. The quantitative estimate of drug-likeness (QED) is 0.512. The molecule has 0 bridgehead atoms. The number of H-pyrrole nitrogens is 1. The van der Waals surface area contributed by atoms with Gasteiger partial charge in [0.2, 0.25) is 5.91 Å². The number of nitrogens with two attached hydrogens (primary N) is 1. The fraction of sp³-hybridized carbons (Fsp3) is 0.368. The van der Waals surface area contributed by atoms with Crippen LogP contribution in [0.1, 0.15) is 21.6 Å². The van der Waals surface area contributed by atoms with E-state index in [1.165, 1.54) is 0 Å². The number of aromatic nitrogens is 1. The van der Waals surface area contributed by atoms with E-state index in [9.17, 15) is 19.7 Å². The van der Waals surface area contributed by atoms with Gasteiger partial charge in [-0.3, -0.25) is 4.79 Å². The number of benzene rings is 1. The van der Waals surface area contributed by atoms with E-state index in [2.05, 4.69) is 4.98 Å². The second-order valence-corrected chi connectivity index (χ2v) is 7.33. The number of carbonyl (C=O) groups is 2. The number of aromatic amines is 1. The van der Waals surface area contributed by atoms with Crippen molar-refractivity contribution in [1.29, 1.82) is 0 Å². The highest BCUT2D eigenvalue weighted by Gasteiger charge is 2.37. The highest BCUT2D eigenvalue weighted by Crippen LogP contribution is 2.37. The summed E-state index contributed by atoms with van der Waals surface area (Å²) in [6.45, 7) is 0.660. The summed E-state index contributed by atoms with van der Waals surface area (Å²) in [6.07, 6.45) is 2.81. The Labute approximate surface area is 167 Å². The van der Waals surface area contributed by atoms with Gasteiger partial charge in [0.15, 0.2) is 0 Å². The maximum Gasteiger partial charge on any atom is 0.522 e. The molecule has 2 aliphatic heterocycles. The molecule has 152 valence electrons. The SMILES string of the molecule is N[C@@H](Cc1ccc[nH]1)C(=O)N1CC(Oc2ccc3c(c2C(=O)O)OB(O)CC3)C1. The number of carboxylic acid groups (broad SMARTS) is 1. The first kappa shape index (κ1) is 19.3. The lowest BCUT2D eigenvalue weighted by atomic mass is 9.78. The molecule has 9 nitrogen and oxygen atoms in total. The number of carbonyl (C=O) groups excluding carboxylic acids is 1. The van der Waals surface area contributed by atoms with Crippen LogP contribution in [0.2, 0.25) is 6.32 Å². The van der Waals surface area contributed by atoms with E-state index in [1.54, 1.807) is 23.2 Å². The molecule has 29 heavy (non-hydrogen) atoms. The number of ether oxygens (including phenoxy) is 1. The Balaban J connectivity index is 1.39. The molecule has 2 aliphatic rings. The summed E-state index contributed by atoms with van der Waals surface area (Å²) < 4.78 is 11.2. The molecular formula is C19H22BN3O6. The van der Waals surface area contributed by atoms with Crippen LogP contribution in [0.3, 0.4) is 0 Å². The van der Waals surface area contributed by atoms with E-state index < -0.39 is 19.1 Å². The summed E-state index contributed by atoms with van der Waals surface area (Å²) >= 11 is 0. The molecule has 3 heterocycles. The average Bonchev–Trinajstić information content (AvgIpc) is 3.15. The Morgan fingerprint density at radius 3 is 2.86 bits per heavy atom. The van der Waals surface area contributed by atoms with Crippen molar-refractivity contribution in [3.63, 3.8) is 0 Å². The van der Waals surface area contributed by atoms with E-state index in [1.807, 2.05) is 12.1 Å². The summed E-state index contributed by atoms with van der Waals surface area (Å²) in [5.74, 6) is -1.05. The predicted molar refractivity (Wildman–Crippen MR) is 104 cm³/mol. The van der Waals surface area contributed by atoms with Gasteiger partial charge in [0, 0.05) is 18.3 Å². The molecule has 4 rings (SSSR count). The fourth-order valence-corrected chi connectivity index (χ4v) is 3.64. The molecule has 1 aromatic heterocycles. The van der Waals surface area contributed by atoms with Gasteiger partial charge in [0.25, 0.3) is 0 Å². The Hall–Kier alpha value is -2.98. The number of hydrogen-bond donors (Lipinski definition) is 4. The van der Waals surface area contributed by atoms with Crippen LogP contribution in [0.15, 0.2) is 30.5 Å². The smallest absolute Gasteiger partial charge is 0.522 e. The normalized spacial score (nSPS) is 17.2. The van der Waals surface area contributed by atoms with Crippen molar-refractivity contribution in [2.45, 2.75) is 31.3 Å². The topological polar surface area (TPSA) is 138 Å². The molecule has 0 aliphatic carbocycles. The van der Waals surface area contributed by atoms with E-state index in [0.29, 0.717) is 32.3 Å². The van der Waals surface area contributed by atoms with Crippen LogP contribution in [-0.4, -0.2) is 64.2 Å². The van der Waals surface area contributed by atoms with Gasteiger partial charge < -0.3 is 35.1 Å². The predicted octanol–water partition coefficient (Wildman–Crippen LogP) is 0.288. The van der Waals surface area contributed by atoms with Crippen molar-refractivity contribution >= 4 is 19.0 Å². The molecule has 0 radical (unpaired) electrons. The lowest BCUT2D eigenvalue weighted by molar-refractivity contribution is -0.141. The average molecular weight is 399 g/mol. The standard InChI is InChI=1S/C19H22BN3O6/c21-14(8-12-2-1-7-22-12)18(24)23-9-13(10-23)28-15-4-3-11-5-6-20(27)29-17(11)16(15)19(25)26/h1-4,7,13-14,22,27H,5-6,8-10,21H2,(H,25,26)/t14-/m0/s1. The van der Waals surface area contributed by atoms with Crippen molar-refractivity contribution < 1.29 is 29.1 Å². The number of likely N-dealkylation sites (tertiary alicyclic amines) is 1. The Bertz CT molecular complexity index is 913. The fourth-order valence-electron chi connectivity index (χ4n) is 3.64. The molecule has 1 amide bonds. The Kier molecular flexibility index (Phi) is 5.21. The van der Waals surface area contributed by atoms with Gasteiger partial charge in [-0.25, -0.2) is 4.79 Å². The van der Waals surface area contributed by atoms with E-state index in [4.69, 9.17) is 15.1 Å². The van der Waals surface area contributed by atoms with Crippen molar-refractivity contribution in [3.05, 3.63) is 47.3 Å². The number of aryl methyl sites for hydroxylation is 1. The van der Waals surface area contributed by atoms with Gasteiger partial charge in [0.1, 0.15) is 23.2 Å². The van der Waals surface area contributed by atoms with Gasteiger partial charge in [-0.05, 0) is 36.5 Å². The van der Waals surface area contributed by atoms with Crippen LogP contribution in [0.5, 0.6) is 11.5 Å². The second-order valence-electron chi connectivity index (χ2n) is 7.33. The molecule has 1 saturated heterocycles. The molecule has 1 atom stereocenters. The summed E-state index contributed by atoms with van der Waals surface area (Å²) in [5.41, 5.74) is 7.51. The zero-order chi connectivity index (χ0) is 20.5. The van der Waals surface area contributed by atoms with E-state index >= 15 is 0 Å². The summed E-state index contributed by atoms with van der Waals surface area (Å²) in [6, 6.07) is 6.42. The number of rotatable bonds is 6. The molecule has 1 aromatic carbocycles. The van der Waals surface area contributed by atoms with Gasteiger partial charge in [-0.15, -0.1) is 0 Å². The van der Waals surface area contributed by atoms with E-state index in [0.717, 1.165) is 11.3 Å². The van der Waals surface area contributed by atoms with Gasteiger partial charge in [0.05, 0.1) is 19.1 Å². The number of hydrogen-bond acceptors (Lipinski definition) is 6. The van der Waals surface area contributed by atoms with Crippen molar-refractivity contribution in [3.8, 4) is 11.5 Å². The first-order valence-corrected chi connectivity index (χ1v) is 9.49. The molecule has 0 saturated carbocycles. The molecule has 10 heteroatoms. The van der Waals surface area contributed by atoms with Crippen LogP contribution >= 0.6 is 0 Å². The van der Waals surface area contributed by atoms with Gasteiger partial charge in [-0.2, -0.15) is 0 Å². The van der Waals surface area contributed by atoms with Crippen LogP contribution in [0, 0.1) is 0 Å². The van der Waals surface area contributed by atoms with Gasteiger partial charge >= 0.3 is 13.1 Å². The maximum absolute atomic E-state index is 12.4. The van der Waals surface area contributed by atoms with Crippen LogP contribution < -0.4 is 15.1 Å². The van der Waals surface area contributed by atoms with E-state index in [-0.39, 0.29) is 29.1 Å². The molecule has 5 N–H and O–H groups in total. The maximum atomic E-state index is 12.4. The lowest BCUT2D eigenvalue weighted by Crippen LogP contribution is -2.60. The Morgan fingerprint density at radius 2 is 2.17 bits per heavy atom. The number of nitrogens with one attached hydrogen (secondary N) is 1. The number of aromatic carboxylic acids is 1. The van der Waals surface area contributed by atoms with Crippen molar-refractivity contribution in [2.24, 2.45) is 5.73 Å². The monoisotopic (exact) mass is 399 g/mol. The third-order valence-electron chi connectivity index (χ3n) is 5.20. The summed E-state index contributed by atoms with van der Waals surface area (Å²) in [7, 11) is -1.03. The zero-order valence-corrected chi connectivity index (χ0v) is 15.7. The zero-order valence-electron chi connectivity index (χ0n) is 15.7. The summed E-state index contributed by atoms with van der Waals surface area (Å²) in [4.78, 5) is 28.8. The minimum absolute atomic E-state index is 0.102. The first-order chi connectivity index (χ1) is 13.9. The third-order valence-corrected chi connectivity index (χ3v) is 5.20. The van der Waals surface area contributed by atoms with Crippen molar-refractivity contribution in [1.82, 2.24) is 9.88 Å². The molecule has 0 unspecified atom stereocenters. The number of amides is 1. The minimum atomic E-state index is -1.19. The molecule has 1 fully saturated rings. The largest absolute Gasteiger partial charge is 0.535 e. The Morgan fingerprint density at radius 1 is 1.38 bits per heavy atom. The van der Waals surface area contributed by atoms with Crippen LogP contribution in [-0.2, 0) is 17.6 Å². The highest BCUT2D eigenvalue weighted by atomic mass is 16.5. The van der Waals surface area contributed by atoms with Gasteiger partial charge in [-0.1, -0.05) is 6.07 Å². The number of fused-ring (bicyclic) bond motifs is 1. The third kappa shape index (κ3) is 3.94. The van der Waals surface area contributed by atoms with Crippen LogP contribution in [0.4, 0.5) is 0 Å². The van der Waals surface area contributed by atoms with Crippen LogP contribution in [0.25, 0.3) is 0 Å². The number of nitrogens with zero attached hydrogens (tertiary/aromatic N) is 1. The summed E-state index contributed by atoms with van der Waals surface area (Å²) in [5, 5.41) is 19.3. The number of carboxylic acids is 1. The molecular weight excluding hydrogens is 377 g/mol. The minimum Gasteiger partial charge on any atom is -0.535 e. The first-order valence-electron chi connectivity index (χ1n) is 9.49.